The molecule has 1 aromatic rings. The van der Waals surface area contributed by atoms with Crippen LogP contribution in [0.25, 0.3) is 0 Å². The molecule has 1 unspecified atom stereocenters. The number of phosphoric ester groups is 1. The Morgan fingerprint density at radius 2 is 1.93 bits per heavy atom. The second kappa shape index (κ2) is 8.37. The Hall–Kier alpha value is -1.67. The minimum atomic E-state index is -5.40. The molecule has 0 bridgehead atoms. The van der Waals surface area contributed by atoms with E-state index < -0.39 is 64.0 Å². The number of carbonyl (C=O) groups excluding carboxylic acids is 1. The first-order valence-corrected chi connectivity index (χ1v) is 10.3. The molecule has 0 spiro atoms. The van der Waals surface area contributed by atoms with Crippen molar-refractivity contribution in [3.63, 3.8) is 0 Å². The third-order valence-electron chi connectivity index (χ3n) is 3.31. The van der Waals surface area contributed by atoms with Crippen LogP contribution in [0.4, 0.5) is 0 Å². The summed E-state index contributed by atoms with van der Waals surface area (Å²) < 4.78 is 41.7. The average Bonchev–Trinajstić information content (AvgIpc) is 2.79. The third-order valence-corrected chi connectivity index (χ3v) is 5.90. The van der Waals surface area contributed by atoms with E-state index in [0.29, 0.717) is 0 Å². The number of rotatable bonds is 7. The minimum absolute atomic E-state index is 0.717. The van der Waals surface area contributed by atoms with E-state index in [1.54, 1.807) is 0 Å². The topological polar surface area (TPSA) is 224 Å². The molecule has 0 radical (unpaired) electrons. The van der Waals surface area contributed by atoms with Gasteiger partial charge in [0.25, 0.3) is 5.56 Å². The fraction of sp³-hybridized carbons (Fsp3) is 0.545. The number of carbonyl (C=O) groups is 1. The molecule has 17 heteroatoms. The molecule has 5 N–H and O–H groups in total. The first-order valence-electron chi connectivity index (χ1n) is 7.36. The molecular weight excluding hydrogens is 430 g/mol. The average molecular weight is 446 g/mol. The van der Waals surface area contributed by atoms with Crippen molar-refractivity contribution in [2.24, 2.45) is 0 Å². The highest BCUT2D eigenvalue weighted by Crippen LogP contribution is 2.61. The number of aromatic nitrogens is 2. The van der Waals surface area contributed by atoms with Gasteiger partial charge in [-0.2, -0.15) is 4.31 Å². The van der Waals surface area contributed by atoms with Crippen LogP contribution in [0.2, 0.25) is 0 Å². The lowest BCUT2D eigenvalue weighted by atomic mass is 10.1. The highest BCUT2D eigenvalue weighted by atomic mass is 31.3. The van der Waals surface area contributed by atoms with Crippen molar-refractivity contribution in [2.75, 3.05) is 6.61 Å². The van der Waals surface area contributed by atoms with Gasteiger partial charge < -0.3 is 29.3 Å². The van der Waals surface area contributed by atoms with Crippen LogP contribution in [0, 0.1) is 0 Å². The van der Waals surface area contributed by atoms with Crippen molar-refractivity contribution >= 4 is 21.6 Å². The lowest BCUT2D eigenvalue weighted by Crippen LogP contribution is -2.37. The maximum absolute atomic E-state index is 12.2. The summed E-state index contributed by atoms with van der Waals surface area (Å²) in [5.41, 5.74) is -1.67. The van der Waals surface area contributed by atoms with Crippen molar-refractivity contribution < 1.29 is 52.0 Å². The first-order chi connectivity index (χ1) is 12.8. The second-order valence-electron chi connectivity index (χ2n) is 5.46. The first kappa shape index (κ1) is 22.6. The molecule has 2 rings (SSSR count). The number of H-pyrrole nitrogens is 1. The maximum atomic E-state index is 12.2. The molecule has 0 amide bonds. The molecule has 28 heavy (non-hydrogen) atoms. The van der Waals surface area contributed by atoms with Crippen LogP contribution >= 0.6 is 15.6 Å². The predicted molar refractivity (Wildman–Crippen MR) is 85.7 cm³/mol. The van der Waals surface area contributed by atoms with Crippen LogP contribution in [-0.2, 0) is 32.0 Å². The van der Waals surface area contributed by atoms with E-state index in [1.165, 1.54) is 0 Å². The van der Waals surface area contributed by atoms with Crippen molar-refractivity contribution in [1.82, 2.24) is 9.55 Å². The van der Waals surface area contributed by atoms with E-state index in [0.717, 1.165) is 23.8 Å². The fourth-order valence-corrected chi connectivity index (χ4v) is 4.30. The van der Waals surface area contributed by atoms with Gasteiger partial charge in [0, 0.05) is 19.2 Å². The highest BCUT2D eigenvalue weighted by Gasteiger charge is 2.47. The maximum Gasteiger partial charge on any atom is 0.541 e. The highest BCUT2D eigenvalue weighted by molar-refractivity contribution is 7.61. The number of aromatic amines is 1. The van der Waals surface area contributed by atoms with Gasteiger partial charge in [-0.25, -0.2) is 13.9 Å². The monoisotopic (exact) mass is 446 g/mol. The third kappa shape index (κ3) is 5.67. The SMILES string of the molecule is CC(=O)OP(=O)(OC[C@H]1O[C@@H](n2ccc(=O)[nH]c2=O)[C@H](O)[C@@H]1O)OP(=O)(O)O. The number of ether oxygens (including phenoxy) is 1. The zero-order chi connectivity index (χ0) is 21.3. The predicted octanol–water partition coefficient (Wildman–Crippen LogP) is -2.05. The van der Waals surface area contributed by atoms with E-state index in [4.69, 9.17) is 14.5 Å². The number of phosphoric acid groups is 2. The van der Waals surface area contributed by atoms with Gasteiger partial charge in [0.2, 0.25) is 0 Å². The van der Waals surface area contributed by atoms with Crippen LogP contribution in [0.1, 0.15) is 13.2 Å². The molecule has 2 heterocycles. The minimum Gasteiger partial charge on any atom is -0.387 e. The standard InChI is InChI=1S/C11H16N2O13P2/c1-5(14)25-28(22,26-27(19,20)21)23-4-6-8(16)9(17)10(24-6)13-3-2-7(15)12-11(13)18/h2-3,6,8-10,16-17H,4H2,1H3,(H,12,15,18)(H2,19,20,21)/t6-,8-,9-,10-,28?/m1/s1. The number of nitrogens with zero attached hydrogens (tertiary/aromatic N) is 1. The molecule has 1 fully saturated rings. The van der Waals surface area contributed by atoms with E-state index in [9.17, 15) is 33.7 Å². The van der Waals surface area contributed by atoms with Gasteiger partial charge in [-0.15, -0.1) is 0 Å². The summed E-state index contributed by atoms with van der Waals surface area (Å²) in [5.74, 6) is -1.25. The number of nitrogens with one attached hydrogen (secondary N) is 1. The van der Waals surface area contributed by atoms with E-state index in [2.05, 4.69) is 13.4 Å². The Kier molecular flexibility index (Phi) is 6.76. The van der Waals surface area contributed by atoms with Crippen LogP contribution in [0.15, 0.2) is 21.9 Å². The molecular formula is C11H16N2O13P2. The van der Waals surface area contributed by atoms with Gasteiger partial charge in [-0.1, -0.05) is 0 Å². The molecule has 1 saturated heterocycles. The van der Waals surface area contributed by atoms with Gasteiger partial charge in [0.05, 0.1) is 6.61 Å². The van der Waals surface area contributed by atoms with Crippen LogP contribution in [0.5, 0.6) is 0 Å². The summed E-state index contributed by atoms with van der Waals surface area (Å²) in [5, 5.41) is 20.1. The van der Waals surface area contributed by atoms with Crippen LogP contribution in [0.3, 0.4) is 0 Å². The molecule has 15 nitrogen and oxygen atoms in total. The lowest BCUT2D eigenvalue weighted by molar-refractivity contribution is -0.133. The molecule has 0 aromatic carbocycles. The molecule has 0 saturated carbocycles. The van der Waals surface area contributed by atoms with Gasteiger partial charge in [-0.3, -0.25) is 23.7 Å². The summed E-state index contributed by atoms with van der Waals surface area (Å²) in [6, 6.07) is 0.955. The normalized spacial score (nSPS) is 27.3. The lowest BCUT2D eigenvalue weighted by Gasteiger charge is -2.20. The zero-order valence-corrected chi connectivity index (χ0v) is 15.8. The summed E-state index contributed by atoms with van der Waals surface area (Å²) in [4.78, 5) is 53.2. The second-order valence-corrected chi connectivity index (χ2v) is 8.43. The Balaban J connectivity index is 2.16. The summed E-state index contributed by atoms with van der Waals surface area (Å²) in [6.45, 7) is -0.153. The van der Waals surface area contributed by atoms with Crippen LogP contribution in [-0.4, -0.2) is 60.4 Å². The Bertz CT molecular complexity index is 935. The van der Waals surface area contributed by atoms with E-state index in [-0.39, 0.29) is 0 Å². The van der Waals surface area contributed by atoms with Crippen LogP contribution < -0.4 is 11.2 Å². The number of aliphatic hydroxyl groups is 2. The van der Waals surface area contributed by atoms with Crippen molar-refractivity contribution in [1.29, 1.82) is 0 Å². The Morgan fingerprint density at radius 3 is 2.46 bits per heavy atom. The van der Waals surface area contributed by atoms with E-state index >= 15 is 0 Å². The zero-order valence-electron chi connectivity index (χ0n) is 14.0. The van der Waals surface area contributed by atoms with Crippen molar-refractivity contribution in [3.8, 4) is 0 Å². The van der Waals surface area contributed by atoms with Gasteiger partial charge in [0.1, 0.15) is 18.3 Å². The van der Waals surface area contributed by atoms with Gasteiger partial charge in [-0.05, 0) is 0 Å². The fourth-order valence-electron chi connectivity index (χ4n) is 2.24. The number of aliphatic hydroxyl groups excluding tert-OH is 2. The Labute approximate surface area is 155 Å². The van der Waals surface area contributed by atoms with Gasteiger partial charge in [0.15, 0.2) is 6.23 Å². The Morgan fingerprint density at radius 1 is 1.29 bits per heavy atom. The molecule has 0 aliphatic carbocycles. The largest absolute Gasteiger partial charge is 0.541 e. The van der Waals surface area contributed by atoms with Gasteiger partial charge >= 0.3 is 27.3 Å². The van der Waals surface area contributed by atoms with Crippen molar-refractivity contribution in [3.05, 3.63) is 33.1 Å². The molecule has 158 valence electrons. The summed E-state index contributed by atoms with van der Waals surface area (Å²) in [6.07, 6.45) is -5.39. The molecule has 5 atom stereocenters. The molecule has 1 aliphatic rings. The smallest absolute Gasteiger partial charge is 0.387 e. The number of hydrogen-bond donors (Lipinski definition) is 5. The molecule has 1 aliphatic heterocycles. The number of hydrogen-bond acceptors (Lipinski definition) is 11. The molecule has 1 aromatic heterocycles. The van der Waals surface area contributed by atoms with E-state index in [1.807, 2.05) is 4.98 Å². The van der Waals surface area contributed by atoms with Crippen molar-refractivity contribution in [2.45, 2.75) is 31.5 Å². The quantitative estimate of drug-likeness (QED) is 0.285. The summed E-state index contributed by atoms with van der Waals surface area (Å²) >= 11 is 0. The summed E-state index contributed by atoms with van der Waals surface area (Å²) in [7, 11) is -10.5.